The summed E-state index contributed by atoms with van der Waals surface area (Å²) >= 11 is 0. The fourth-order valence-corrected chi connectivity index (χ4v) is 5.12. The van der Waals surface area contributed by atoms with Gasteiger partial charge in [0.15, 0.2) is 5.65 Å². The monoisotopic (exact) mass is 499 g/mol. The molecule has 4 aromatic rings. The molecular formula is C25H24F3N5O3. The predicted molar refractivity (Wildman–Crippen MR) is 127 cm³/mol. The van der Waals surface area contributed by atoms with Gasteiger partial charge in [-0.1, -0.05) is 6.08 Å². The number of hydrogen-bond donors (Lipinski definition) is 1. The third kappa shape index (κ3) is 3.92. The molecule has 0 spiro atoms. The van der Waals surface area contributed by atoms with Gasteiger partial charge in [-0.2, -0.15) is 13.2 Å². The summed E-state index contributed by atoms with van der Waals surface area (Å²) < 4.78 is 57.0. The van der Waals surface area contributed by atoms with E-state index in [9.17, 15) is 18.0 Å². The minimum Gasteiger partial charge on any atom is -0.376 e. The Bertz CT molecular complexity index is 1530. The van der Waals surface area contributed by atoms with Crippen molar-refractivity contribution in [3.63, 3.8) is 0 Å². The van der Waals surface area contributed by atoms with Gasteiger partial charge in [-0.05, 0) is 37.8 Å². The highest BCUT2D eigenvalue weighted by Gasteiger charge is 2.37. The van der Waals surface area contributed by atoms with Crippen molar-refractivity contribution < 1.29 is 22.6 Å². The number of nitrogens with zero attached hydrogens (tertiary/aromatic N) is 4. The van der Waals surface area contributed by atoms with Crippen molar-refractivity contribution in [1.82, 2.24) is 24.1 Å². The second-order valence-electron chi connectivity index (χ2n) is 9.09. The molecule has 188 valence electrons. The first-order valence-electron chi connectivity index (χ1n) is 12.0. The Morgan fingerprint density at radius 2 is 2.06 bits per heavy atom. The van der Waals surface area contributed by atoms with Gasteiger partial charge in [-0.3, -0.25) is 4.57 Å². The van der Waals surface area contributed by atoms with E-state index in [2.05, 4.69) is 15.0 Å². The number of rotatable bonds is 4. The number of alkyl halides is 3. The summed E-state index contributed by atoms with van der Waals surface area (Å²) in [7, 11) is 0. The summed E-state index contributed by atoms with van der Waals surface area (Å²) in [5, 5.41) is -0.0184. The smallest absolute Gasteiger partial charge is 0.376 e. The lowest BCUT2D eigenvalue weighted by Crippen LogP contribution is -2.36. The quantitative estimate of drug-likeness (QED) is 0.444. The van der Waals surface area contributed by atoms with Crippen molar-refractivity contribution in [3.05, 3.63) is 52.8 Å². The second-order valence-corrected chi connectivity index (χ2v) is 9.09. The number of pyridine rings is 2. The van der Waals surface area contributed by atoms with Gasteiger partial charge in [0.25, 0.3) is 0 Å². The van der Waals surface area contributed by atoms with Crippen molar-refractivity contribution in [2.75, 3.05) is 19.8 Å². The van der Waals surface area contributed by atoms with E-state index in [1.165, 1.54) is 29.2 Å². The van der Waals surface area contributed by atoms with Gasteiger partial charge in [0.2, 0.25) is 0 Å². The van der Waals surface area contributed by atoms with Crippen LogP contribution in [0.15, 0.2) is 41.6 Å². The summed E-state index contributed by atoms with van der Waals surface area (Å²) in [5.74, 6) is 0. The maximum Gasteiger partial charge on any atom is 0.417 e. The number of ether oxygens (including phenoxy) is 2. The Labute approximate surface area is 203 Å². The molecule has 0 radical (unpaired) electrons. The minimum atomic E-state index is -4.61. The number of nitrogens with one attached hydrogen (secondary N) is 1. The number of aromatic nitrogens is 5. The number of allylic oxidation sites excluding steroid dienone is 2. The number of H-pyrrole nitrogens is 1. The van der Waals surface area contributed by atoms with E-state index in [0.717, 1.165) is 31.4 Å². The van der Waals surface area contributed by atoms with Crippen LogP contribution < -0.4 is 5.69 Å². The highest BCUT2D eigenvalue weighted by atomic mass is 19.4. The highest BCUT2D eigenvalue weighted by molar-refractivity contribution is 5.89. The molecule has 1 aliphatic carbocycles. The molecule has 1 atom stereocenters. The van der Waals surface area contributed by atoms with Crippen LogP contribution in [0.1, 0.15) is 31.2 Å². The van der Waals surface area contributed by atoms with Crippen LogP contribution in [-0.4, -0.2) is 50.0 Å². The highest BCUT2D eigenvalue weighted by Crippen LogP contribution is 2.41. The Morgan fingerprint density at radius 3 is 2.81 bits per heavy atom. The van der Waals surface area contributed by atoms with Crippen LogP contribution in [-0.2, 0) is 22.2 Å². The van der Waals surface area contributed by atoms with Crippen LogP contribution in [0.2, 0.25) is 0 Å². The largest absolute Gasteiger partial charge is 0.417 e. The van der Waals surface area contributed by atoms with E-state index in [4.69, 9.17) is 9.47 Å². The maximum absolute atomic E-state index is 14.2. The number of fused-ring (bicyclic) bond motifs is 2. The molecule has 1 N–H and O–H groups in total. The zero-order valence-corrected chi connectivity index (χ0v) is 19.3. The molecule has 4 aromatic heterocycles. The SMILES string of the molecule is O=c1n(C[C@H]2COCCO2)c2cc(-c3cnc4[nH]ccc4c3C(F)(F)F)cnc2n1C1=CCCCC1. The lowest BCUT2D eigenvalue weighted by Gasteiger charge is -2.23. The van der Waals surface area contributed by atoms with E-state index >= 15 is 0 Å². The summed E-state index contributed by atoms with van der Waals surface area (Å²) in [6, 6.07) is 2.96. The molecule has 0 saturated carbocycles. The molecule has 0 amide bonds. The Kier molecular flexibility index (Phi) is 5.68. The molecule has 1 saturated heterocycles. The van der Waals surface area contributed by atoms with E-state index in [1.807, 2.05) is 6.08 Å². The summed E-state index contributed by atoms with van der Waals surface area (Å²) in [6.45, 7) is 1.45. The molecule has 8 nitrogen and oxygen atoms in total. The third-order valence-corrected chi connectivity index (χ3v) is 6.78. The number of aromatic amines is 1. The predicted octanol–water partition coefficient (Wildman–Crippen LogP) is 4.59. The molecule has 5 heterocycles. The molecule has 0 bridgehead atoms. The van der Waals surface area contributed by atoms with Gasteiger partial charge < -0.3 is 14.5 Å². The van der Waals surface area contributed by atoms with Gasteiger partial charge in [-0.25, -0.2) is 19.3 Å². The molecule has 2 aliphatic rings. The van der Waals surface area contributed by atoms with Crippen molar-refractivity contribution >= 4 is 27.9 Å². The average Bonchev–Trinajstić information content (AvgIpc) is 3.46. The van der Waals surface area contributed by atoms with Crippen molar-refractivity contribution in [1.29, 1.82) is 0 Å². The van der Waals surface area contributed by atoms with Crippen molar-refractivity contribution in [2.24, 2.45) is 0 Å². The first-order valence-corrected chi connectivity index (χ1v) is 12.0. The first-order chi connectivity index (χ1) is 17.4. The van der Waals surface area contributed by atoms with E-state index in [0.29, 0.717) is 31.0 Å². The summed E-state index contributed by atoms with van der Waals surface area (Å²) in [4.78, 5) is 25.1. The lowest BCUT2D eigenvalue weighted by molar-refractivity contribution is -0.135. The normalized spacial score (nSPS) is 19.2. The Hall–Kier alpha value is -3.44. The molecule has 1 aliphatic heterocycles. The number of imidazole rings is 1. The molecule has 0 unspecified atom stereocenters. The van der Waals surface area contributed by atoms with Gasteiger partial charge in [-0.15, -0.1) is 0 Å². The molecular weight excluding hydrogens is 475 g/mol. The molecule has 11 heteroatoms. The van der Waals surface area contributed by atoms with Gasteiger partial charge in [0.05, 0.1) is 43.5 Å². The van der Waals surface area contributed by atoms with Crippen LogP contribution in [0.25, 0.3) is 39.0 Å². The van der Waals surface area contributed by atoms with E-state index in [-0.39, 0.29) is 40.5 Å². The van der Waals surface area contributed by atoms with Crippen LogP contribution >= 0.6 is 0 Å². The summed E-state index contributed by atoms with van der Waals surface area (Å²) in [6.07, 6.45) is 4.71. The average molecular weight is 499 g/mol. The van der Waals surface area contributed by atoms with Crippen molar-refractivity contribution in [3.8, 4) is 11.1 Å². The molecule has 36 heavy (non-hydrogen) atoms. The number of hydrogen-bond acceptors (Lipinski definition) is 5. The fraction of sp³-hybridized carbons (Fsp3) is 0.400. The van der Waals surface area contributed by atoms with Crippen LogP contribution in [0, 0.1) is 0 Å². The molecule has 6 rings (SSSR count). The van der Waals surface area contributed by atoms with Crippen LogP contribution in [0.3, 0.4) is 0 Å². The number of halogens is 3. The zero-order chi connectivity index (χ0) is 24.9. The van der Waals surface area contributed by atoms with Crippen molar-refractivity contribution in [2.45, 2.75) is 44.5 Å². The first kappa shape index (κ1) is 23.0. The standard InChI is InChI=1S/C25H24F3N5O3/c26-25(27,28)21-18-6-7-29-22(18)30-12-19(21)15-10-20-23(31-11-15)33(16-4-2-1-3-5-16)24(34)32(20)13-17-14-35-8-9-36-17/h4,6-7,10-12,17H,1-3,5,8-9,13-14H2,(H,29,30)/t17-/m0/s1. The fourth-order valence-electron chi connectivity index (χ4n) is 5.12. The van der Waals surface area contributed by atoms with Gasteiger partial charge >= 0.3 is 11.9 Å². The lowest BCUT2D eigenvalue weighted by atomic mass is 10.0. The van der Waals surface area contributed by atoms with Gasteiger partial charge in [0.1, 0.15) is 5.65 Å². The second kappa shape index (κ2) is 8.90. The molecule has 0 aromatic carbocycles. The third-order valence-electron chi connectivity index (χ3n) is 6.78. The Balaban J connectivity index is 1.56. The van der Waals surface area contributed by atoms with Crippen LogP contribution in [0.5, 0.6) is 0 Å². The van der Waals surface area contributed by atoms with E-state index < -0.39 is 11.7 Å². The topological polar surface area (TPSA) is 87.0 Å². The van der Waals surface area contributed by atoms with Crippen LogP contribution in [0.4, 0.5) is 13.2 Å². The molecule has 1 fully saturated rings. The summed E-state index contributed by atoms with van der Waals surface area (Å²) in [5.41, 5.74) is 0.941. The van der Waals surface area contributed by atoms with E-state index in [1.54, 1.807) is 10.6 Å². The minimum absolute atomic E-state index is 0.0184. The Morgan fingerprint density at radius 1 is 1.17 bits per heavy atom. The zero-order valence-electron chi connectivity index (χ0n) is 19.3. The van der Waals surface area contributed by atoms with Gasteiger partial charge in [0, 0.05) is 40.8 Å². The maximum atomic E-state index is 14.2.